The lowest BCUT2D eigenvalue weighted by Crippen LogP contribution is -2.77. The van der Waals surface area contributed by atoms with Crippen molar-refractivity contribution in [3.05, 3.63) is 35.4 Å². The molecule has 8 heteroatoms. The minimum absolute atomic E-state index is 0.00330. The highest BCUT2D eigenvalue weighted by Gasteiger charge is 2.76. The van der Waals surface area contributed by atoms with Crippen LogP contribution in [-0.2, 0) is 9.59 Å². The Kier molecular flexibility index (Phi) is 4.97. The number of Topliss-reactive ketones (excluding diaryl/α,β-unsaturated/α-hetero) is 1. The van der Waals surface area contributed by atoms with E-state index in [0.29, 0.717) is 37.1 Å². The summed E-state index contributed by atoms with van der Waals surface area (Å²) in [4.78, 5) is 37.8. The van der Waals surface area contributed by atoms with Gasteiger partial charge in [-0.05, 0) is 73.8 Å². The molecular weight excluding hydrogens is 490 g/mol. The number of carbonyl (C=O) groups excluding carboxylic acids is 2. The Balaban J connectivity index is 1.51. The van der Waals surface area contributed by atoms with Crippen molar-refractivity contribution in [1.29, 1.82) is 10.5 Å². The number of allylic oxidation sites excluding steroid dienone is 1. The average molecular weight is 524 g/mol. The molecule has 0 radical (unpaired) electrons. The molecule has 0 N–H and O–H groups in total. The minimum Gasteiger partial charge on any atom is -0.497 e. The molecule has 0 spiro atoms. The van der Waals surface area contributed by atoms with E-state index >= 15 is 0 Å². The lowest BCUT2D eigenvalue weighted by Gasteiger charge is -2.65. The number of methoxy groups -OCH3 is 1. The Labute approximate surface area is 228 Å². The number of nitriles is 2. The third kappa shape index (κ3) is 2.85. The van der Waals surface area contributed by atoms with Crippen LogP contribution >= 0.6 is 0 Å². The van der Waals surface area contributed by atoms with Gasteiger partial charge in [-0.15, -0.1) is 0 Å². The van der Waals surface area contributed by atoms with Crippen LogP contribution in [0.2, 0.25) is 0 Å². The normalized spacial score (nSPS) is 37.7. The number of anilines is 1. The Morgan fingerprint density at radius 2 is 1.74 bits per heavy atom. The monoisotopic (exact) mass is 523 g/mol. The minimum atomic E-state index is -1.43. The number of rotatable bonds is 2. The maximum atomic E-state index is 14.8. The molecule has 8 nitrogen and oxygen atoms in total. The van der Waals surface area contributed by atoms with Crippen LogP contribution in [0, 0.1) is 50.7 Å². The van der Waals surface area contributed by atoms with Gasteiger partial charge in [0.25, 0.3) is 5.91 Å². The summed E-state index contributed by atoms with van der Waals surface area (Å²) in [5, 5.41) is 22.1. The largest absolute Gasteiger partial charge is 0.497 e. The maximum Gasteiger partial charge on any atom is 0.251 e. The number of amides is 1. The molecule has 0 aromatic heterocycles. The lowest BCUT2D eigenvalue weighted by atomic mass is 9.40. The van der Waals surface area contributed by atoms with Crippen molar-refractivity contribution in [2.24, 2.45) is 33.1 Å². The first kappa shape index (κ1) is 24.4. The molecule has 6 aliphatic rings. The molecule has 200 valence electrons. The van der Waals surface area contributed by atoms with Gasteiger partial charge >= 0.3 is 0 Å². The predicted molar refractivity (Wildman–Crippen MR) is 143 cm³/mol. The van der Waals surface area contributed by atoms with Crippen LogP contribution in [0.5, 0.6) is 5.75 Å². The highest BCUT2D eigenvalue weighted by Crippen LogP contribution is 2.69. The summed E-state index contributed by atoms with van der Waals surface area (Å²) in [6, 6.07) is 12.9. The highest BCUT2D eigenvalue weighted by atomic mass is 16.5. The molecule has 6 unspecified atom stereocenters. The Morgan fingerprint density at radius 1 is 1.00 bits per heavy atom. The standard InChI is InChI=1S/C31H33N5O3/c1-29(2)14-21-26(22(37)15-29)20-6-4-7-23-30(21,16-32)27-34-24-8-5-9-25(36(27)28(38)31(20,23)17-33)35(24)18-10-12-19(39-3)13-11-18/h10-13,20,23-25H,4-9,14-15H2,1-3H3. The van der Waals surface area contributed by atoms with Crippen LogP contribution in [0.3, 0.4) is 0 Å². The first-order chi connectivity index (χ1) is 18.7. The number of ether oxygens (including phenoxy) is 1. The molecular formula is C31H33N5O3. The first-order valence-corrected chi connectivity index (χ1v) is 14.2. The zero-order valence-electron chi connectivity index (χ0n) is 22.7. The average Bonchev–Trinajstić information content (AvgIpc) is 2.91. The SMILES string of the molecule is COc1ccc(N2C3CCCC2N2C(=O)C4(C#N)C5CCCC4C(C#N)(C2=N3)C2=C5C(=O)CC(C)(C)C2)cc1. The molecule has 7 rings (SSSR count). The van der Waals surface area contributed by atoms with Gasteiger partial charge in [0.2, 0.25) is 0 Å². The van der Waals surface area contributed by atoms with Gasteiger partial charge in [-0.25, -0.2) is 4.99 Å². The van der Waals surface area contributed by atoms with Gasteiger partial charge < -0.3 is 9.64 Å². The maximum absolute atomic E-state index is 14.8. The van der Waals surface area contributed by atoms with E-state index in [0.717, 1.165) is 42.7 Å². The second kappa shape index (κ2) is 7.94. The Bertz CT molecular complexity index is 1450. The summed E-state index contributed by atoms with van der Waals surface area (Å²) < 4.78 is 5.36. The van der Waals surface area contributed by atoms with Gasteiger partial charge in [0, 0.05) is 29.5 Å². The van der Waals surface area contributed by atoms with Crippen molar-refractivity contribution >= 4 is 23.2 Å². The van der Waals surface area contributed by atoms with E-state index in [-0.39, 0.29) is 29.4 Å². The van der Waals surface area contributed by atoms with Crippen LogP contribution in [0.1, 0.15) is 65.2 Å². The second-order valence-electron chi connectivity index (χ2n) is 12.9. The summed E-state index contributed by atoms with van der Waals surface area (Å²) in [6.07, 6.45) is 4.87. The van der Waals surface area contributed by atoms with E-state index in [2.05, 4.69) is 30.9 Å². The van der Waals surface area contributed by atoms with Gasteiger partial charge in [0.15, 0.2) is 5.78 Å². The summed E-state index contributed by atoms with van der Waals surface area (Å²) in [7, 11) is 1.63. The first-order valence-electron chi connectivity index (χ1n) is 14.2. The van der Waals surface area contributed by atoms with Crippen LogP contribution < -0.4 is 9.64 Å². The lowest BCUT2D eigenvalue weighted by molar-refractivity contribution is -0.154. The molecule has 6 atom stereocenters. The molecule has 1 aromatic rings. The number of nitrogens with zero attached hydrogens (tertiary/aromatic N) is 5. The highest BCUT2D eigenvalue weighted by molar-refractivity contribution is 6.15. The van der Waals surface area contributed by atoms with E-state index in [1.807, 2.05) is 24.3 Å². The Morgan fingerprint density at radius 3 is 2.44 bits per heavy atom. The molecule has 3 fully saturated rings. The molecule has 1 aromatic carbocycles. The molecule has 3 aliphatic heterocycles. The van der Waals surface area contributed by atoms with Crippen LogP contribution in [0.4, 0.5) is 5.69 Å². The fourth-order valence-corrected chi connectivity index (χ4v) is 8.95. The van der Waals surface area contributed by atoms with E-state index in [1.165, 1.54) is 0 Å². The quantitative estimate of drug-likeness (QED) is 0.554. The predicted octanol–water partition coefficient (Wildman–Crippen LogP) is 4.73. The zero-order chi connectivity index (χ0) is 27.3. The number of benzene rings is 1. The fraction of sp³-hybridized carbons (Fsp3) is 0.581. The summed E-state index contributed by atoms with van der Waals surface area (Å²) in [6.45, 7) is 4.16. The van der Waals surface area contributed by atoms with Crippen LogP contribution in [0.15, 0.2) is 40.4 Å². The van der Waals surface area contributed by atoms with Gasteiger partial charge in [0.05, 0.1) is 19.2 Å². The summed E-state index contributed by atoms with van der Waals surface area (Å²) in [5.74, 6) is 0.0168. The van der Waals surface area contributed by atoms with E-state index in [1.54, 1.807) is 12.0 Å². The number of aliphatic imine (C=N–C) groups is 1. The molecule has 3 heterocycles. The van der Waals surface area contributed by atoms with Crippen LogP contribution in [-0.4, -0.2) is 41.9 Å². The zero-order valence-corrected chi connectivity index (χ0v) is 22.7. The molecule has 2 saturated heterocycles. The third-order valence-corrected chi connectivity index (χ3v) is 10.4. The van der Waals surface area contributed by atoms with Gasteiger partial charge in [-0.1, -0.05) is 20.3 Å². The fourth-order valence-electron chi connectivity index (χ4n) is 8.95. The van der Waals surface area contributed by atoms with Gasteiger partial charge in [-0.3, -0.25) is 14.5 Å². The van der Waals surface area contributed by atoms with Gasteiger partial charge in [0.1, 0.15) is 34.7 Å². The Hall–Kier alpha value is -3.65. The molecule has 1 saturated carbocycles. The molecule has 1 amide bonds. The van der Waals surface area contributed by atoms with Gasteiger partial charge in [-0.2, -0.15) is 10.5 Å². The molecule has 6 bridgehead atoms. The van der Waals surface area contributed by atoms with Crippen LogP contribution in [0.25, 0.3) is 0 Å². The third-order valence-electron chi connectivity index (χ3n) is 10.4. The summed E-state index contributed by atoms with van der Waals surface area (Å²) >= 11 is 0. The van der Waals surface area contributed by atoms with Crippen molar-refractivity contribution in [3.63, 3.8) is 0 Å². The number of carbonyl (C=O) groups is 2. The van der Waals surface area contributed by atoms with Crippen molar-refractivity contribution < 1.29 is 14.3 Å². The number of hydrogen-bond acceptors (Lipinski definition) is 7. The number of amidine groups is 1. The van der Waals surface area contributed by atoms with Crippen molar-refractivity contribution in [3.8, 4) is 17.9 Å². The van der Waals surface area contributed by atoms with Crippen molar-refractivity contribution in [2.75, 3.05) is 12.0 Å². The van der Waals surface area contributed by atoms with E-state index in [4.69, 9.17) is 9.73 Å². The van der Waals surface area contributed by atoms with Crippen molar-refractivity contribution in [1.82, 2.24) is 4.90 Å². The number of piperidine rings is 2. The number of hydrogen-bond donors (Lipinski definition) is 0. The van der Waals surface area contributed by atoms with E-state index < -0.39 is 22.7 Å². The van der Waals surface area contributed by atoms with E-state index in [9.17, 15) is 20.1 Å². The molecule has 39 heavy (non-hydrogen) atoms. The second-order valence-corrected chi connectivity index (χ2v) is 12.9. The molecule has 3 aliphatic carbocycles. The smallest absolute Gasteiger partial charge is 0.251 e. The summed E-state index contributed by atoms with van der Waals surface area (Å²) in [5.41, 5.74) is -0.594. The number of fused-ring (bicyclic) bond motifs is 7. The number of ketones is 1. The topological polar surface area (TPSA) is 110 Å². The van der Waals surface area contributed by atoms with Crippen molar-refractivity contribution in [2.45, 2.75) is 77.5 Å².